The fourth-order valence-corrected chi connectivity index (χ4v) is 3.49. The lowest BCUT2D eigenvalue weighted by atomic mass is 10.1. The van der Waals surface area contributed by atoms with E-state index in [0.717, 1.165) is 12.3 Å². The molecule has 0 N–H and O–H groups in total. The van der Waals surface area contributed by atoms with E-state index in [2.05, 4.69) is 9.97 Å². The van der Waals surface area contributed by atoms with Gasteiger partial charge in [-0.1, -0.05) is 0 Å². The SMILES string of the molecule is COc1ccc2nccc(C(=O)N3CCN(c4ccc(C(F)(F)F)cn4)CC3)c2c1. The Morgan fingerprint density at radius 1 is 1.03 bits per heavy atom. The number of carbonyl (C=O) groups is 1. The van der Waals surface area contributed by atoms with E-state index in [1.807, 2.05) is 4.90 Å². The zero-order valence-electron chi connectivity index (χ0n) is 16.2. The molecule has 0 aliphatic carbocycles. The van der Waals surface area contributed by atoms with Crippen LogP contribution in [0, 0.1) is 0 Å². The van der Waals surface area contributed by atoms with E-state index in [9.17, 15) is 18.0 Å². The number of ether oxygens (including phenoxy) is 1. The summed E-state index contributed by atoms with van der Waals surface area (Å²) in [5, 5.41) is 0.716. The number of anilines is 1. The van der Waals surface area contributed by atoms with Crippen LogP contribution in [-0.2, 0) is 6.18 Å². The molecule has 0 spiro atoms. The highest BCUT2D eigenvalue weighted by molar-refractivity contribution is 6.06. The first-order valence-corrected chi connectivity index (χ1v) is 9.37. The summed E-state index contributed by atoms with van der Waals surface area (Å²) in [5.74, 6) is 0.993. The van der Waals surface area contributed by atoms with Crippen molar-refractivity contribution in [2.24, 2.45) is 0 Å². The Bertz CT molecular complexity index is 1060. The van der Waals surface area contributed by atoms with Crippen molar-refractivity contribution in [2.75, 3.05) is 38.2 Å². The van der Waals surface area contributed by atoms with E-state index in [4.69, 9.17) is 4.74 Å². The number of alkyl halides is 3. The third-order valence-corrected chi connectivity index (χ3v) is 5.15. The Hall–Kier alpha value is -3.36. The van der Waals surface area contributed by atoms with E-state index in [1.165, 1.54) is 6.07 Å². The zero-order chi connectivity index (χ0) is 21.3. The summed E-state index contributed by atoms with van der Waals surface area (Å²) in [6.07, 6.45) is -1.97. The van der Waals surface area contributed by atoms with Crippen LogP contribution in [0.4, 0.5) is 19.0 Å². The lowest BCUT2D eigenvalue weighted by Crippen LogP contribution is -2.49. The number of carbonyl (C=O) groups excluding carboxylic acids is 1. The van der Waals surface area contributed by atoms with Gasteiger partial charge in [0, 0.05) is 44.0 Å². The third kappa shape index (κ3) is 3.87. The molecule has 0 atom stereocenters. The molecule has 30 heavy (non-hydrogen) atoms. The van der Waals surface area contributed by atoms with E-state index < -0.39 is 11.7 Å². The summed E-state index contributed by atoms with van der Waals surface area (Å²) in [4.78, 5) is 24.9. The molecule has 6 nitrogen and oxygen atoms in total. The van der Waals surface area contributed by atoms with Gasteiger partial charge in [0.25, 0.3) is 5.91 Å². The molecule has 9 heteroatoms. The molecule has 4 rings (SSSR count). The molecule has 0 radical (unpaired) electrons. The number of aromatic nitrogens is 2. The van der Waals surface area contributed by atoms with Crippen LogP contribution in [-0.4, -0.2) is 54.1 Å². The lowest BCUT2D eigenvalue weighted by molar-refractivity contribution is -0.137. The van der Waals surface area contributed by atoms with Crippen LogP contribution >= 0.6 is 0 Å². The summed E-state index contributed by atoms with van der Waals surface area (Å²) in [5.41, 5.74) is 0.467. The second-order valence-electron chi connectivity index (χ2n) is 6.92. The maximum Gasteiger partial charge on any atom is 0.417 e. The van der Waals surface area contributed by atoms with Crippen molar-refractivity contribution < 1.29 is 22.7 Å². The Balaban J connectivity index is 1.48. The first-order valence-electron chi connectivity index (χ1n) is 9.37. The molecular formula is C21H19F3N4O2. The molecule has 1 fully saturated rings. The highest BCUT2D eigenvalue weighted by Crippen LogP contribution is 2.29. The molecule has 1 aliphatic rings. The fourth-order valence-electron chi connectivity index (χ4n) is 3.49. The summed E-state index contributed by atoms with van der Waals surface area (Å²) in [6.45, 7) is 1.84. The number of amides is 1. The third-order valence-electron chi connectivity index (χ3n) is 5.15. The topological polar surface area (TPSA) is 58.6 Å². The van der Waals surface area contributed by atoms with Crippen LogP contribution in [0.15, 0.2) is 48.8 Å². The van der Waals surface area contributed by atoms with Crippen LogP contribution in [0.5, 0.6) is 5.75 Å². The first kappa shape index (κ1) is 19.9. The second-order valence-corrected chi connectivity index (χ2v) is 6.92. The molecule has 3 heterocycles. The smallest absolute Gasteiger partial charge is 0.417 e. The second kappa shape index (κ2) is 7.81. The summed E-state index contributed by atoms with van der Waals surface area (Å²) < 4.78 is 43.4. The Labute approximate surface area is 170 Å². The number of piperazine rings is 1. The van der Waals surface area contributed by atoms with Crippen molar-refractivity contribution in [1.29, 1.82) is 0 Å². The molecule has 1 amide bonds. The minimum Gasteiger partial charge on any atom is -0.497 e. The molecule has 3 aromatic rings. The number of fused-ring (bicyclic) bond motifs is 1. The van der Waals surface area contributed by atoms with E-state index in [1.54, 1.807) is 42.5 Å². The maximum atomic E-state index is 13.1. The van der Waals surface area contributed by atoms with Gasteiger partial charge in [-0.25, -0.2) is 4.98 Å². The van der Waals surface area contributed by atoms with Gasteiger partial charge in [-0.05, 0) is 36.4 Å². The number of pyridine rings is 2. The van der Waals surface area contributed by atoms with Crippen LogP contribution in [0.25, 0.3) is 10.9 Å². The standard InChI is InChI=1S/C21H19F3N4O2/c1-30-15-3-4-18-17(12-15)16(6-7-25-18)20(29)28-10-8-27(9-11-28)19-5-2-14(13-26-19)21(22,23)24/h2-7,12-13H,8-11H2,1H3. The molecule has 0 bridgehead atoms. The van der Waals surface area contributed by atoms with Crippen molar-refractivity contribution in [3.05, 3.63) is 59.9 Å². The first-order chi connectivity index (χ1) is 14.4. The highest BCUT2D eigenvalue weighted by Gasteiger charge is 2.31. The van der Waals surface area contributed by atoms with Gasteiger partial charge in [0.2, 0.25) is 0 Å². The fraction of sp³-hybridized carbons (Fsp3) is 0.286. The van der Waals surface area contributed by atoms with Crippen molar-refractivity contribution in [2.45, 2.75) is 6.18 Å². The monoisotopic (exact) mass is 416 g/mol. The van der Waals surface area contributed by atoms with E-state index in [0.29, 0.717) is 54.2 Å². The summed E-state index contributed by atoms with van der Waals surface area (Å²) in [6, 6.07) is 9.46. The lowest BCUT2D eigenvalue weighted by Gasteiger charge is -2.35. The van der Waals surface area contributed by atoms with Gasteiger partial charge in [0.1, 0.15) is 11.6 Å². The molecule has 1 aliphatic heterocycles. The average Bonchev–Trinajstić information content (AvgIpc) is 2.77. The maximum absolute atomic E-state index is 13.1. The molecular weight excluding hydrogens is 397 g/mol. The van der Waals surface area contributed by atoms with Crippen molar-refractivity contribution in [3.63, 3.8) is 0 Å². The molecule has 1 aromatic carbocycles. The molecule has 156 valence electrons. The van der Waals surface area contributed by atoms with Gasteiger partial charge in [0.05, 0.1) is 23.8 Å². The van der Waals surface area contributed by atoms with Gasteiger partial charge < -0.3 is 14.5 Å². The number of benzene rings is 1. The summed E-state index contributed by atoms with van der Waals surface area (Å²) >= 11 is 0. The average molecular weight is 416 g/mol. The highest BCUT2D eigenvalue weighted by atomic mass is 19.4. The number of halogens is 3. The Morgan fingerprint density at radius 2 is 1.80 bits per heavy atom. The number of hydrogen-bond acceptors (Lipinski definition) is 5. The van der Waals surface area contributed by atoms with Crippen LogP contribution in [0.2, 0.25) is 0 Å². The van der Waals surface area contributed by atoms with Gasteiger partial charge in [-0.3, -0.25) is 9.78 Å². The van der Waals surface area contributed by atoms with Crippen molar-refractivity contribution in [1.82, 2.24) is 14.9 Å². The van der Waals surface area contributed by atoms with Gasteiger partial charge >= 0.3 is 6.18 Å². The predicted octanol–water partition coefficient (Wildman–Crippen LogP) is 3.62. The predicted molar refractivity (Wildman–Crippen MR) is 106 cm³/mol. The van der Waals surface area contributed by atoms with Crippen LogP contribution in [0.3, 0.4) is 0 Å². The van der Waals surface area contributed by atoms with Crippen molar-refractivity contribution in [3.8, 4) is 5.75 Å². The van der Waals surface area contributed by atoms with Crippen LogP contribution in [0.1, 0.15) is 15.9 Å². The molecule has 2 aromatic heterocycles. The van der Waals surface area contributed by atoms with Crippen molar-refractivity contribution >= 4 is 22.6 Å². The Kier molecular flexibility index (Phi) is 5.19. The van der Waals surface area contributed by atoms with E-state index >= 15 is 0 Å². The molecule has 1 saturated heterocycles. The minimum atomic E-state index is -4.41. The van der Waals surface area contributed by atoms with Gasteiger partial charge in [0.15, 0.2) is 0 Å². The molecule has 0 unspecified atom stereocenters. The molecule has 0 saturated carbocycles. The van der Waals surface area contributed by atoms with Crippen LogP contribution < -0.4 is 9.64 Å². The number of rotatable bonds is 3. The minimum absolute atomic E-state index is 0.115. The number of nitrogens with zero attached hydrogens (tertiary/aromatic N) is 4. The quantitative estimate of drug-likeness (QED) is 0.653. The zero-order valence-corrected chi connectivity index (χ0v) is 16.2. The number of methoxy groups -OCH3 is 1. The van der Waals surface area contributed by atoms with Gasteiger partial charge in [-0.15, -0.1) is 0 Å². The van der Waals surface area contributed by atoms with Gasteiger partial charge in [-0.2, -0.15) is 13.2 Å². The van der Waals surface area contributed by atoms with E-state index in [-0.39, 0.29) is 5.91 Å². The Morgan fingerprint density at radius 3 is 2.43 bits per heavy atom. The largest absolute Gasteiger partial charge is 0.497 e. The number of hydrogen-bond donors (Lipinski definition) is 0. The summed E-state index contributed by atoms with van der Waals surface area (Å²) in [7, 11) is 1.56. The normalized spacial score (nSPS) is 14.8.